The zero-order chi connectivity index (χ0) is 31.0. The van der Waals surface area contributed by atoms with Gasteiger partial charge in [-0.25, -0.2) is 0 Å². The summed E-state index contributed by atoms with van der Waals surface area (Å²) in [4.78, 5) is 0. The quantitative estimate of drug-likeness (QED) is 0.203. The molecule has 0 unspecified atom stereocenters. The maximum atomic E-state index is 9.58. The van der Waals surface area contributed by atoms with E-state index < -0.39 is 0 Å². The van der Waals surface area contributed by atoms with Crippen LogP contribution in [0.5, 0.6) is 0 Å². The topological polar surface area (TPSA) is 47.6 Å². The zero-order valence-electron chi connectivity index (χ0n) is 24.9. The van der Waals surface area contributed by atoms with Crippen molar-refractivity contribution >= 4 is 53.9 Å². The maximum Gasteiger partial charge on any atom is 0.0991 e. The van der Waals surface area contributed by atoms with Crippen LogP contribution in [0.3, 0.4) is 0 Å². The lowest BCUT2D eigenvalue weighted by Gasteiger charge is -2.12. The molecule has 0 aliphatic carbocycles. The van der Waals surface area contributed by atoms with E-state index in [-0.39, 0.29) is 0 Å². The van der Waals surface area contributed by atoms with Gasteiger partial charge in [-0.3, -0.25) is 0 Å². The van der Waals surface area contributed by atoms with Crippen LogP contribution in [0.4, 0.5) is 0 Å². The van der Waals surface area contributed by atoms with Crippen LogP contribution in [0.25, 0.3) is 76.1 Å². The van der Waals surface area contributed by atoms with E-state index in [4.69, 9.17) is 0 Å². The van der Waals surface area contributed by atoms with E-state index in [1.54, 1.807) is 0 Å². The minimum Gasteiger partial charge on any atom is -0.192 e. The Bertz CT molecular complexity index is 2420. The molecule has 0 heterocycles. The van der Waals surface area contributed by atoms with Gasteiger partial charge in [-0.05, 0) is 113 Å². The summed E-state index contributed by atoms with van der Waals surface area (Å²) in [7, 11) is 0. The van der Waals surface area contributed by atoms with Gasteiger partial charge in [-0.1, -0.05) is 121 Å². The van der Waals surface area contributed by atoms with Crippen LogP contribution >= 0.6 is 0 Å². The van der Waals surface area contributed by atoms with Gasteiger partial charge in [0.2, 0.25) is 0 Å². The van der Waals surface area contributed by atoms with Gasteiger partial charge in [0.25, 0.3) is 0 Å². The molecule has 0 amide bonds. The summed E-state index contributed by atoms with van der Waals surface area (Å²) >= 11 is 0. The molecule has 0 aromatic heterocycles. The average Bonchev–Trinajstić information content (AvgIpc) is 3.14. The predicted molar refractivity (Wildman–Crippen MR) is 192 cm³/mol. The van der Waals surface area contributed by atoms with Crippen molar-refractivity contribution in [3.05, 3.63) is 169 Å². The van der Waals surface area contributed by atoms with Crippen molar-refractivity contribution in [2.75, 3.05) is 0 Å². The lowest BCUT2D eigenvalue weighted by atomic mass is 9.91. The lowest BCUT2D eigenvalue weighted by Crippen LogP contribution is -1.85. The molecule has 46 heavy (non-hydrogen) atoms. The number of rotatable bonds is 2. The minimum atomic E-state index is 0.646. The standard InChI is InChI=1S/C44H26N2/c45-27-29-9-7-11-31(23-29)33-19-21-41-37-15-1-2-16-38(37)42-22-20-34(32-12-8-10-30(24-32)28-46)26-44(42)40-18-6-4-14-36(40)35-13-3-5-17-39(35)43(41)25-33/h1-26H. The SMILES string of the molecule is N#Cc1cccc(-c2ccc3c4ccccc4c4ccc(-c5cccc(C#N)c5)cc4c4ccccc4c4ccccc4c3c2)c1. The molecule has 0 bridgehead atoms. The van der Waals surface area contributed by atoms with E-state index in [9.17, 15) is 10.5 Å². The molecule has 0 atom stereocenters. The van der Waals surface area contributed by atoms with Crippen LogP contribution in [0.2, 0.25) is 0 Å². The summed E-state index contributed by atoms with van der Waals surface area (Å²) in [6, 6.07) is 59.5. The van der Waals surface area contributed by atoms with Crippen molar-refractivity contribution in [1.29, 1.82) is 10.5 Å². The molecule has 212 valence electrons. The van der Waals surface area contributed by atoms with E-state index in [1.165, 1.54) is 0 Å². The molecule has 0 fully saturated rings. The number of nitrogens with zero attached hydrogens (tertiary/aromatic N) is 2. The number of hydrogen-bond donors (Lipinski definition) is 0. The van der Waals surface area contributed by atoms with Crippen LogP contribution < -0.4 is 0 Å². The Labute approximate surface area is 267 Å². The van der Waals surface area contributed by atoms with Gasteiger partial charge in [0.1, 0.15) is 0 Å². The lowest BCUT2D eigenvalue weighted by molar-refractivity contribution is 1.48. The Morgan fingerprint density at radius 2 is 0.565 bits per heavy atom. The monoisotopic (exact) mass is 582 g/mol. The average molecular weight is 583 g/mol. The normalized spacial score (nSPS) is 11.0. The number of nitriles is 2. The largest absolute Gasteiger partial charge is 0.192 e. The maximum absolute atomic E-state index is 9.58. The Hall–Kier alpha value is -6.48. The molecule has 0 saturated heterocycles. The molecular weight excluding hydrogens is 556 g/mol. The summed E-state index contributed by atoms with van der Waals surface area (Å²) in [5.41, 5.74) is 5.46. The number of hydrogen-bond acceptors (Lipinski definition) is 2. The van der Waals surface area contributed by atoms with Gasteiger partial charge in [-0.15, -0.1) is 0 Å². The van der Waals surface area contributed by atoms with Crippen molar-refractivity contribution in [2.24, 2.45) is 0 Å². The van der Waals surface area contributed by atoms with E-state index in [1.807, 2.05) is 36.4 Å². The predicted octanol–water partition coefficient (Wildman–Crippen LogP) is 11.7. The molecule has 8 aromatic carbocycles. The fourth-order valence-electron chi connectivity index (χ4n) is 6.76. The number of benzene rings is 7. The molecule has 0 N–H and O–H groups in total. The molecule has 0 saturated carbocycles. The van der Waals surface area contributed by atoms with Gasteiger partial charge in [-0.2, -0.15) is 10.5 Å². The summed E-state index contributed by atoms with van der Waals surface area (Å²) in [6.07, 6.45) is 0. The molecule has 0 aliphatic heterocycles. The number of fused-ring (bicyclic) bond motifs is 10. The first-order valence-corrected chi connectivity index (χ1v) is 15.3. The Kier molecular flexibility index (Phi) is 6.61. The first kappa shape index (κ1) is 27.1. The highest BCUT2D eigenvalue weighted by Gasteiger charge is 2.11. The fraction of sp³-hybridized carbons (Fsp3) is 0. The Morgan fingerprint density at radius 3 is 0.913 bits per heavy atom. The second-order valence-electron chi connectivity index (χ2n) is 11.5. The Balaban J connectivity index is 1.60. The van der Waals surface area contributed by atoms with E-state index in [0.29, 0.717) is 11.1 Å². The van der Waals surface area contributed by atoms with Crippen LogP contribution in [-0.4, -0.2) is 0 Å². The molecule has 0 radical (unpaired) electrons. The molecule has 8 aromatic rings. The van der Waals surface area contributed by atoms with Crippen molar-refractivity contribution in [3.8, 4) is 34.4 Å². The Morgan fingerprint density at radius 1 is 0.261 bits per heavy atom. The zero-order valence-corrected chi connectivity index (χ0v) is 24.9. The van der Waals surface area contributed by atoms with Crippen molar-refractivity contribution in [3.63, 3.8) is 0 Å². The smallest absolute Gasteiger partial charge is 0.0991 e. The molecule has 0 spiro atoms. The second-order valence-corrected chi connectivity index (χ2v) is 11.5. The highest BCUT2D eigenvalue weighted by molar-refractivity contribution is 6.26. The van der Waals surface area contributed by atoms with Gasteiger partial charge >= 0.3 is 0 Å². The van der Waals surface area contributed by atoms with Crippen LogP contribution in [0.1, 0.15) is 11.1 Å². The van der Waals surface area contributed by atoms with Crippen LogP contribution in [0.15, 0.2) is 158 Å². The molecule has 2 nitrogen and oxygen atoms in total. The first-order valence-electron chi connectivity index (χ1n) is 15.3. The molecule has 8 rings (SSSR count). The summed E-state index contributed by atoms with van der Waals surface area (Å²) in [5.74, 6) is 0. The molecule has 2 heteroatoms. The van der Waals surface area contributed by atoms with E-state index >= 15 is 0 Å². The summed E-state index contributed by atoms with van der Waals surface area (Å²) in [6.45, 7) is 0. The molecular formula is C44H26N2. The highest BCUT2D eigenvalue weighted by Crippen LogP contribution is 2.38. The second kappa shape index (κ2) is 11.2. The van der Waals surface area contributed by atoms with Crippen molar-refractivity contribution in [2.45, 2.75) is 0 Å². The van der Waals surface area contributed by atoms with Crippen LogP contribution in [0, 0.1) is 22.7 Å². The van der Waals surface area contributed by atoms with E-state index in [0.717, 1.165) is 76.1 Å². The highest BCUT2D eigenvalue weighted by atomic mass is 14.2. The van der Waals surface area contributed by atoms with Gasteiger partial charge in [0.15, 0.2) is 0 Å². The fourth-order valence-corrected chi connectivity index (χ4v) is 6.76. The molecule has 0 aliphatic rings. The van der Waals surface area contributed by atoms with Crippen molar-refractivity contribution < 1.29 is 0 Å². The van der Waals surface area contributed by atoms with Gasteiger partial charge < -0.3 is 0 Å². The van der Waals surface area contributed by atoms with Gasteiger partial charge in [0, 0.05) is 0 Å². The van der Waals surface area contributed by atoms with Crippen LogP contribution in [-0.2, 0) is 0 Å². The van der Waals surface area contributed by atoms with Crippen molar-refractivity contribution in [1.82, 2.24) is 0 Å². The van der Waals surface area contributed by atoms with E-state index in [2.05, 4.69) is 133 Å². The summed E-state index contributed by atoms with van der Waals surface area (Å²) < 4.78 is 0. The third-order valence-electron chi connectivity index (χ3n) is 8.92. The summed E-state index contributed by atoms with van der Waals surface area (Å²) in [5, 5.41) is 30.7. The van der Waals surface area contributed by atoms with Gasteiger partial charge in [0.05, 0.1) is 23.3 Å². The third kappa shape index (κ3) is 4.58. The first-order chi connectivity index (χ1) is 22.7. The third-order valence-corrected chi connectivity index (χ3v) is 8.92. The minimum absolute atomic E-state index is 0.646.